The fourth-order valence-corrected chi connectivity index (χ4v) is 3.43. The van der Waals surface area contributed by atoms with Crippen molar-refractivity contribution in [1.29, 1.82) is 0 Å². The highest BCUT2D eigenvalue weighted by atomic mass is 32.1. The van der Waals surface area contributed by atoms with Crippen molar-refractivity contribution in [1.82, 2.24) is 15.3 Å². The van der Waals surface area contributed by atoms with Crippen molar-refractivity contribution < 1.29 is 13.9 Å². The molecule has 0 bridgehead atoms. The van der Waals surface area contributed by atoms with E-state index in [1.807, 2.05) is 30.3 Å². The summed E-state index contributed by atoms with van der Waals surface area (Å²) in [5, 5.41) is 3.66. The third-order valence-corrected chi connectivity index (χ3v) is 5.06. The molecule has 5 nitrogen and oxygen atoms in total. The predicted octanol–water partition coefficient (Wildman–Crippen LogP) is 5.07. The smallest absolute Gasteiger partial charge is 0.263 e. The van der Waals surface area contributed by atoms with Crippen molar-refractivity contribution in [2.24, 2.45) is 0 Å². The molecule has 0 atom stereocenters. The lowest BCUT2D eigenvalue weighted by atomic mass is 10.2. The number of rotatable bonds is 6. The van der Waals surface area contributed by atoms with E-state index in [0.717, 1.165) is 16.1 Å². The van der Waals surface area contributed by atoms with Gasteiger partial charge in [0.1, 0.15) is 21.5 Å². The number of carbonyl (C=O) groups excluding carboxylic acids is 1. The number of halogens is 1. The Morgan fingerprint density at radius 3 is 2.62 bits per heavy atom. The molecule has 0 aliphatic carbocycles. The van der Waals surface area contributed by atoms with Crippen LogP contribution in [0.3, 0.4) is 0 Å². The Morgan fingerprint density at radius 1 is 1.00 bits per heavy atom. The zero-order valence-corrected chi connectivity index (χ0v) is 16.0. The number of aromatic nitrogens is 2. The summed E-state index contributed by atoms with van der Waals surface area (Å²) < 4.78 is 18.7. The zero-order valence-electron chi connectivity index (χ0n) is 15.2. The molecular weight excluding hydrogens is 389 g/mol. The van der Waals surface area contributed by atoms with Crippen molar-refractivity contribution in [3.8, 4) is 22.2 Å². The van der Waals surface area contributed by atoms with Gasteiger partial charge < -0.3 is 10.1 Å². The number of nitrogens with one attached hydrogen (secondary N) is 1. The number of ether oxygens (including phenoxy) is 1. The first-order chi connectivity index (χ1) is 14.2. The number of carbonyl (C=O) groups is 1. The summed E-state index contributed by atoms with van der Waals surface area (Å²) in [6, 6.07) is 19.0. The van der Waals surface area contributed by atoms with E-state index in [-0.39, 0.29) is 11.7 Å². The molecule has 0 unspecified atom stereocenters. The topological polar surface area (TPSA) is 64.1 Å². The first-order valence-corrected chi connectivity index (χ1v) is 9.67. The molecule has 4 aromatic rings. The maximum atomic E-state index is 13.2. The molecular formula is C22H16FN3O2S. The van der Waals surface area contributed by atoms with Gasteiger partial charge in [0.05, 0.1) is 6.20 Å². The number of nitrogens with zero attached hydrogens (tertiary/aromatic N) is 2. The van der Waals surface area contributed by atoms with E-state index < -0.39 is 0 Å². The van der Waals surface area contributed by atoms with Crippen molar-refractivity contribution in [3.63, 3.8) is 0 Å². The number of amides is 1. The highest BCUT2D eigenvalue weighted by Crippen LogP contribution is 2.25. The molecule has 144 valence electrons. The van der Waals surface area contributed by atoms with E-state index in [1.165, 1.54) is 23.5 Å². The molecule has 7 heteroatoms. The molecule has 0 saturated carbocycles. The van der Waals surface area contributed by atoms with Crippen LogP contribution in [0.15, 0.2) is 79.1 Å². The summed E-state index contributed by atoms with van der Waals surface area (Å²) in [5.74, 6) is 0.156. The Kier molecular flexibility index (Phi) is 5.58. The summed E-state index contributed by atoms with van der Waals surface area (Å²) in [6.07, 6.45) is 3.19. The van der Waals surface area contributed by atoms with Gasteiger partial charge in [-0.2, -0.15) is 0 Å². The third-order valence-electron chi connectivity index (χ3n) is 4.02. The van der Waals surface area contributed by atoms with Crippen LogP contribution in [0.25, 0.3) is 10.6 Å². The molecule has 0 aliphatic heterocycles. The van der Waals surface area contributed by atoms with Crippen LogP contribution in [0, 0.1) is 5.82 Å². The van der Waals surface area contributed by atoms with Crippen LogP contribution in [0.1, 0.15) is 15.2 Å². The van der Waals surface area contributed by atoms with Crippen molar-refractivity contribution in [3.05, 3.63) is 95.4 Å². The van der Waals surface area contributed by atoms with Gasteiger partial charge in [-0.05, 0) is 17.7 Å². The second-order valence-electron chi connectivity index (χ2n) is 6.14. The molecule has 1 N–H and O–H groups in total. The van der Waals surface area contributed by atoms with Gasteiger partial charge in [0, 0.05) is 30.4 Å². The lowest BCUT2D eigenvalue weighted by molar-refractivity contribution is 0.0954. The molecule has 2 aromatic carbocycles. The minimum atomic E-state index is -0.375. The first-order valence-electron chi connectivity index (χ1n) is 8.85. The molecule has 1 amide bonds. The Hall–Kier alpha value is -3.58. The molecule has 4 rings (SSSR count). The van der Waals surface area contributed by atoms with Gasteiger partial charge in [-0.25, -0.2) is 14.4 Å². The highest BCUT2D eigenvalue weighted by Gasteiger charge is 2.11. The van der Waals surface area contributed by atoms with E-state index in [4.69, 9.17) is 4.74 Å². The Bertz CT molecular complexity index is 1110. The minimum Gasteiger partial charge on any atom is -0.439 e. The maximum absolute atomic E-state index is 13.2. The van der Waals surface area contributed by atoms with Crippen molar-refractivity contribution in [2.75, 3.05) is 0 Å². The Morgan fingerprint density at radius 2 is 1.86 bits per heavy atom. The van der Waals surface area contributed by atoms with Crippen LogP contribution >= 0.6 is 11.3 Å². The second-order valence-corrected chi connectivity index (χ2v) is 7.17. The largest absolute Gasteiger partial charge is 0.439 e. The quantitative estimate of drug-likeness (QED) is 0.487. The van der Waals surface area contributed by atoms with Gasteiger partial charge in [0.25, 0.3) is 5.91 Å². The molecule has 0 aliphatic rings. The zero-order chi connectivity index (χ0) is 20.1. The average molecular weight is 405 g/mol. The summed E-state index contributed by atoms with van der Waals surface area (Å²) in [6.45, 7) is 0.324. The van der Waals surface area contributed by atoms with E-state index in [2.05, 4.69) is 15.3 Å². The van der Waals surface area contributed by atoms with Gasteiger partial charge in [-0.1, -0.05) is 42.5 Å². The molecule has 0 saturated heterocycles. The van der Waals surface area contributed by atoms with Crippen LogP contribution < -0.4 is 10.1 Å². The number of pyridine rings is 1. The number of benzene rings is 2. The van der Waals surface area contributed by atoms with Crippen LogP contribution in [0.5, 0.6) is 11.6 Å². The number of hydrogen-bond acceptors (Lipinski definition) is 5. The van der Waals surface area contributed by atoms with E-state index in [1.54, 1.807) is 36.7 Å². The van der Waals surface area contributed by atoms with Gasteiger partial charge in [0.2, 0.25) is 5.88 Å². The van der Waals surface area contributed by atoms with Crippen LogP contribution in [-0.2, 0) is 6.54 Å². The van der Waals surface area contributed by atoms with Gasteiger partial charge in [-0.3, -0.25) is 4.79 Å². The summed E-state index contributed by atoms with van der Waals surface area (Å²) >= 11 is 1.34. The summed E-state index contributed by atoms with van der Waals surface area (Å²) in [4.78, 5) is 21.4. The van der Waals surface area contributed by atoms with Crippen LogP contribution in [-0.4, -0.2) is 15.9 Å². The van der Waals surface area contributed by atoms with Crippen molar-refractivity contribution >= 4 is 17.2 Å². The molecule has 0 fully saturated rings. The molecule has 0 radical (unpaired) electrons. The number of hydrogen-bond donors (Lipinski definition) is 1. The van der Waals surface area contributed by atoms with Gasteiger partial charge in [-0.15, -0.1) is 11.3 Å². The molecule has 2 aromatic heterocycles. The van der Waals surface area contributed by atoms with Crippen LogP contribution in [0.4, 0.5) is 4.39 Å². The predicted molar refractivity (Wildman–Crippen MR) is 109 cm³/mol. The minimum absolute atomic E-state index is 0.190. The lowest BCUT2D eigenvalue weighted by Crippen LogP contribution is -2.21. The first kappa shape index (κ1) is 18.8. The standard InChI is InChI=1S/C22H16FN3O2S/c23-17-7-4-8-18(11-17)28-20-10-9-15(12-24-20)13-25-21(27)19-14-26-22(29-19)16-5-2-1-3-6-16/h1-12,14H,13H2,(H,25,27). The average Bonchev–Trinajstić information content (AvgIpc) is 3.24. The fraction of sp³-hybridized carbons (Fsp3) is 0.0455. The second kappa shape index (κ2) is 8.62. The fourth-order valence-electron chi connectivity index (χ4n) is 2.59. The van der Waals surface area contributed by atoms with E-state index >= 15 is 0 Å². The summed E-state index contributed by atoms with van der Waals surface area (Å²) in [7, 11) is 0. The van der Waals surface area contributed by atoms with E-state index in [9.17, 15) is 9.18 Å². The normalized spacial score (nSPS) is 10.5. The van der Waals surface area contributed by atoms with Crippen LogP contribution in [0.2, 0.25) is 0 Å². The van der Waals surface area contributed by atoms with Gasteiger partial charge >= 0.3 is 0 Å². The van der Waals surface area contributed by atoms with Gasteiger partial charge in [0.15, 0.2) is 0 Å². The maximum Gasteiger partial charge on any atom is 0.263 e. The highest BCUT2D eigenvalue weighted by molar-refractivity contribution is 7.16. The monoisotopic (exact) mass is 405 g/mol. The SMILES string of the molecule is O=C(NCc1ccc(Oc2cccc(F)c2)nc1)c1cnc(-c2ccccc2)s1. The van der Waals surface area contributed by atoms with E-state index in [0.29, 0.717) is 23.1 Å². The number of thiazole rings is 1. The molecule has 0 spiro atoms. The third kappa shape index (κ3) is 4.83. The lowest BCUT2D eigenvalue weighted by Gasteiger charge is -2.06. The Balaban J connectivity index is 1.34. The summed E-state index contributed by atoms with van der Waals surface area (Å²) in [5.41, 5.74) is 1.80. The molecule has 29 heavy (non-hydrogen) atoms. The van der Waals surface area contributed by atoms with Crippen molar-refractivity contribution in [2.45, 2.75) is 6.54 Å². The Labute approximate surface area is 170 Å². The molecule has 2 heterocycles.